The Morgan fingerprint density at radius 1 is 1.37 bits per heavy atom. The lowest BCUT2D eigenvalue weighted by atomic mass is 10.2. The summed E-state index contributed by atoms with van der Waals surface area (Å²) in [7, 11) is 0. The van der Waals surface area contributed by atoms with Crippen LogP contribution in [-0.4, -0.2) is 22.5 Å². The molecule has 0 unspecified atom stereocenters. The average molecular weight is 400 g/mol. The van der Waals surface area contributed by atoms with Crippen molar-refractivity contribution in [1.82, 2.24) is 9.97 Å². The average Bonchev–Trinajstić information content (AvgIpc) is 3.13. The van der Waals surface area contributed by atoms with E-state index < -0.39 is 5.97 Å². The van der Waals surface area contributed by atoms with E-state index in [1.54, 1.807) is 18.5 Å². The van der Waals surface area contributed by atoms with Crippen LogP contribution in [0.3, 0.4) is 0 Å². The third kappa shape index (κ3) is 4.61. The van der Waals surface area contributed by atoms with Gasteiger partial charge in [-0.3, -0.25) is 9.78 Å². The van der Waals surface area contributed by atoms with E-state index in [4.69, 9.17) is 26.3 Å². The minimum absolute atomic E-state index is 0.0226. The maximum absolute atomic E-state index is 12.3. The first kappa shape index (κ1) is 18.8. The zero-order valence-corrected chi connectivity index (χ0v) is 15.9. The summed E-state index contributed by atoms with van der Waals surface area (Å²) in [6, 6.07) is 10.5. The van der Waals surface area contributed by atoms with E-state index in [2.05, 4.69) is 9.97 Å². The Bertz CT molecular complexity index is 999. The van der Waals surface area contributed by atoms with Gasteiger partial charge in [0.25, 0.3) is 0 Å². The lowest BCUT2D eigenvalue weighted by Crippen LogP contribution is -2.13. The summed E-state index contributed by atoms with van der Waals surface area (Å²) in [5.74, 6) is -0.175. The zero-order valence-electron chi connectivity index (χ0n) is 14.3. The van der Waals surface area contributed by atoms with Crippen LogP contribution in [0.2, 0.25) is 5.02 Å². The van der Waals surface area contributed by atoms with Gasteiger partial charge in [-0.05, 0) is 25.1 Å². The Hall–Kier alpha value is -2.95. The molecule has 1 aromatic carbocycles. The van der Waals surface area contributed by atoms with E-state index >= 15 is 0 Å². The van der Waals surface area contributed by atoms with Crippen LogP contribution >= 0.6 is 22.9 Å². The third-order valence-electron chi connectivity index (χ3n) is 3.42. The molecule has 0 radical (unpaired) electrons. The van der Waals surface area contributed by atoms with Gasteiger partial charge < -0.3 is 9.47 Å². The largest absolute Gasteiger partial charge is 0.490 e. The molecule has 0 bridgehead atoms. The van der Waals surface area contributed by atoms with Crippen molar-refractivity contribution < 1.29 is 14.3 Å². The fourth-order valence-electron chi connectivity index (χ4n) is 2.29. The van der Waals surface area contributed by atoms with Crippen LogP contribution in [0.25, 0.3) is 10.7 Å². The molecule has 6 nitrogen and oxygen atoms in total. The number of benzene rings is 1. The number of thiazole rings is 1. The first-order valence-electron chi connectivity index (χ1n) is 8.03. The van der Waals surface area contributed by atoms with Crippen LogP contribution in [0, 0.1) is 11.3 Å². The Labute approximate surface area is 165 Å². The number of carbonyl (C=O) groups excluding carboxylic acids is 1. The molecule has 0 spiro atoms. The molecule has 0 N–H and O–H groups in total. The fourth-order valence-corrected chi connectivity index (χ4v) is 3.33. The van der Waals surface area contributed by atoms with Crippen molar-refractivity contribution in [3.05, 3.63) is 58.2 Å². The summed E-state index contributed by atoms with van der Waals surface area (Å²) in [6.45, 7) is 2.13. The standard InChI is InChI=1S/C19H14ClN3O3S/c1-2-25-16-8-12(10-21)7-14(20)18(16)26-17(24)9-13-11-27-19(23-13)15-5-3-4-6-22-15/h3-8,11H,2,9H2,1H3. The minimum atomic E-state index is -0.527. The molecule has 0 amide bonds. The van der Waals surface area contributed by atoms with Gasteiger partial charge in [0.05, 0.1) is 41.1 Å². The van der Waals surface area contributed by atoms with Crippen LogP contribution in [0.5, 0.6) is 11.5 Å². The SMILES string of the molecule is CCOc1cc(C#N)cc(Cl)c1OC(=O)Cc1csc(-c2ccccn2)n1. The Kier molecular flexibility index (Phi) is 6.01. The predicted octanol–water partition coefficient (Wildman–Crippen LogP) is 4.28. The van der Waals surface area contributed by atoms with E-state index in [0.29, 0.717) is 17.9 Å². The summed E-state index contributed by atoms with van der Waals surface area (Å²) in [6.07, 6.45) is 1.66. The Balaban J connectivity index is 1.75. The monoisotopic (exact) mass is 399 g/mol. The summed E-state index contributed by atoms with van der Waals surface area (Å²) in [5, 5.41) is 11.7. The van der Waals surface area contributed by atoms with Gasteiger partial charge in [0.1, 0.15) is 5.01 Å². The summed E-state index contributed by atoms with van der Waals surface area (Å²) >= 11 is 7.55. The lowest BCUT2D eigenvalue weighted by Gasteiger charge is -2.12. The zero-order chi connectivity index (χ0) is 19.2. The highest BCUT2D eigenvalue weighted by Crippen LogP contribution is 2.37. The van der Waals surface area contributed by atoms with Crippen molar-refractivity contribution in [1.29, 1.82) is 5.26 Å². The smallest absolute Gasteiger partial charge is 0.317 e. The highest BCUT2D eigenvalue weighted by molar-refractivity contribution is 7.13. The van der Waals surface area contributed by atoms with E-state index in [1.807, 2.05) is 24.3 Å². The number of nitrogens with zero attached hydrogens (tertiary/aromatic N) is 3. The maximum Gasteiger partial charge on any atom is 0.317 e. The number of ether oxygens (including phenoxy) is 2. The minimum Gasteiger partial charge on any atom is -0.490 e. The van der Waals surface area contributed by atoms with E-state index in [1.165, 1.54) is 23.5 Å². The summed E-state index contributed by atoms with van der Waals surface area (Å²) < 4.78 is 10.8. The molecule has 0 aliphatic rings. The number of hydrogen-bond acceptors (Lipinski definition) is 7. The summed E-state index contributed by atoms with van der Waals surface area (Å²) in [4.78, 5) is 21.0. The predicted molar refractivity (Wildman–Crippen MR) is 102 cm³/mol. The van der Waals surface area contributed by atoms with Crippen molar-refractivity contribution >= 4 is 28.9 Å². The van der Waals surface area contributed by atoms with Gasteiger partial charge in [-0.2, -0.15) is 5.26 Å². The normalized spacial score (nSPS) is 10.3. The number of nitriles is 1. The number of rotatable bonds is 6. The molecule has 0 saturated carbocycles. The number of esters is 1. The van der Waals surface area contributed by atoms with Crippen LogP contribution in [-0.2, 0) is 11.2 Å². The van der Waals surface area contributed by atoms with Gasteiger partial charge in [0, 0.05) is 17.6 Å². The van der Waals surface area contributed by atoms with Crippen LogP contribution in [0.1, 0.15) is 18.2 Å². The molecular weight excluding hydrogens is 386 g/mol. The van der Waals surface area contributed by atoms with E-state index in [-0.39, 0.29) is 22.9 Å². The molecule has 0 aliphatic carbocycles. The van der Waals surface area contributed by atoms with Crippen LogP contribution in [0.15, 0.2) is 41.9 Å². The van der Waals surface area contributed by atoms with Gasteiger partial charge in [-0.1, -0.05) is 17.7 Å². The van der Waals surface area contributed by atoms with E-state index in [9.17, 15) is 4.79 Å². The molecule has 8 heteroatoms. The van der Waals surface area contributed by atoms with Gasteiger partial charge in [0.15, 0.2) is 11.5 Å². The van der Waals surface area contributed by atoms with Crippen LogP contribution < -0.4 is 9.47 Å². The topological polar surface area (TPSA) is 85.1 Å². The van der Waals surface area contributed by atoms with Crippen LogP contribution in [0.4, 0.5) is 0 Å². The molecule has 3 aromatic rings. The lowest BCUT2D eigenvalue weighted by molar-refractivity contribution is -0.133. The number of hydrogen-bond donors (Lipinski definition) is 0. The fraction of sp³-hybridized carbons (Fsp3) is 0.158. The number of pyridine rings is 1. The number of halogens is 1. The second-order valence-corrected chi connectivity index (χ2v) is 6.61. The third-order valence-corrected chi connectivity index (χ3v) is 4.61. The van der Waals surface area contributed by atoms with Gasteiger partial charge in [-0.15, -0.1) is 11.3 Å². The van der Waals surface area contributed by atoms with Gasteiger partial charge in [0.2, 0.25) is 0 Å². The molecule has 0 aliphatic heterocycles. The van der Waals surface area contributed by atoms with Gasteiger partial charge >= 0.3 is 5.97 Å². The van der Waals surface area contributed by atoms with E-state index in [0.717, 1.165) is 10.7 Å². The second kappa shape index (κ2) is 8.62. The maximum atomic E-state index is 12.3. The molecule has 0 saturated heterocycles. The Morgan fingerprint density at radius 3 is 2.93 bits per heavy atom. The second-order valence-electron chi connectivity index (χ2n) is 5.34. The molecule has 0 fully saturated rings. The molecular formula is C19H14ClN3O3S. The van der Waals surface area contributed by atoms with Gasteiger partial charge in [-0.25, -0.2) is 4.98 Å². The quantitative estimate of drug-likeness (QED) is 0.454. The first-order valence-corrected chi connectivity index (χ1v) is 9.29. The molecule has 3 rings (SSSR count). The Morgan fingerprint density at radius 2 is 2.22 bits per heavy atom. The van der Waals surface area contributed by atoms with Crippen molar-refractivity contribution in [2.45, 2.75) is 13.3 Å². The van der Waals surface area contributed by atoms with Crippen molar-refractivity contribution in [2.75, 3.05) is 6.61 Å². The summed E-state index contributed by atoms with van der Waals surface area (Å²) in [5.41, 5.74) is 1.65. The van der Waals surface area contributed by atoms with Crippen molar-refractivity contribution in [3.63, 3.8) is 0 Å². The molecule has 27 heavy (non-hydrogen) atoms. The molecule has 136 valence electrons. The molecule has 0 atom stereocenters. The molecule has 2 aromatic heterocycles. The van der Waals surface area contributed by atoms with Crippen molar-refractivity contribution in [3.8, 4) is 28.3 Å². The van der Waals surface area contributed by atoms with Crippen molar-refractivity contribution in [2.24, 2.45) is 0 Å². The first-order chi connectivity index (χ1) is 13.1. The highest BCUT2D eigenvalue weighted by Gasteiger charge is 2.18. The highest BCUT2D eigenvalue weighted by atomic mass is 35.5. The number of carbonyl (C=O) groups is 1. The number of aromatic nitrogens is 2. The molecule has 2 heterocycles.